The molecular weight excluding hydrogens is 290 g/mol. The van der Waals surface area contributed by atoms with Crippen molar-refractivity contribution in [1.82, 2.24) is 5.32 Å². The summed E-state index contributed by atoms with van der Waals surface area (Å²) in [6, 6.07) is 6.03. The Morgan fingerprint density at radius 2 is 2.04 bits per heavy atom. The Balaban J connectivity index is 1.61. The molecule has 0 saturated heterocycles. The first-order valence-corrected chi connectivity index (χ1v) is 8.71. The monoisotopic (exact) mass is 317 g/mol. The van der Waals surface area contributed by atoms with Crippen LogP contribution in [0.2, 0.25) is 0 Å². The van der Waals surface area contributed by atoms with Gasteiger partial charge in [0.05, 0.1) is 6.42 Å². The van der Waals surface area contributed by atoms with Crippen LogP contribution in [-0.4, -0.2) is 18.7 Å². The Hall–Kier alpha value is -1.71. The van der Waals surface area contributed by atoms with Crippen LogP contribution in [0.5, 0.6) is 11.5 Å². The lowest BCUT2D eigenvalue weighted by atomic mass is 9.74. The second kappa shape index (κ2) is 6.81. The summed E-state index contributed by atoms with van der Waals surface area (Å²) < 4.78 is 10.7. The Morgan fingerprint density at radius 3 is 2.83 bits per heavy atom. The minimum atomic E-state index is 0.105. The number of hydrogen-bond acceptors (Lipinski definition) is 3. The molecule has 3 rings (SSSR count). The van der Waals surface area contributed by atoms with Gasteiger partial charge in [-0.15, -0.1) is 0 Å². The van der Waals surface area contributed by atoms with Crippen LogP contribution in [0.25, 0.3) is 0 Å². The van der Waals surface area contributed by atoms with Crippen LogP contribution in [-0.2, 0) is 11.2 Å². The Bertz CT molecular complexity index is 570. The summed E-state index contributed by atoms with van der Waals surface area (Å²) in [6.45, 7) is 7.07. The molecule has 4 heteroatoms. The minimum absolute atomic E-state index is 0.105. The molecule has 1 N–H and O–H groups in total. The van der Waals surface area contributed by atoms with Crippen LogP contribution in [0.1, 0.15) is 45.6 Å². The van der Waals surface area contributed by atoms with E-state index < -0.39 is 0 Å². The molecule has 2 aliphatic rings. The average Bonchev–Trinajstić information content (AvgIpc) is 2.94. The third kappa shape index (κ3) is 3.80. The molecular formula is C19H27NO3. The van der Waals surface area contributed by atoms with Gasteiger partial charge in [-0.05, 0) is 48.3 Å². The number of benzene rings is 1. The van der Waals surface area contributed by atoms with Crippen molar-refractivity contribution >= 4 is 5.91 Å². The molecule has 23 heavy (non-hydrogen) atoms. The SMILES string of the molecule is CC(C)C1CC[C@H](C)C[C@H]1NC(=O)Cc1ccc2c(c1)OCO2. The van der Waals surface area contributed by atoms with Gasteiger partial charge in [0.1, 0.15) is 0 Å². The van der Waals surface area contributed by atoms with E-state index >= 15 is 0 Å². The molecule has 0 spiro atoms. The number of nitrogens with one attached hydrogen (secondary N) is 1. The number of rotatable bonds is 4. The van der Waals surface area contributed by atoms with E-state index in [-0.39, 0.29) is 12.7 Å². The van der Waals surface area contributed by atoms with Crippen molar-refractivity contribution in [2.24, 2.45) is 17.8 Å². The predicted molar refractivity (Wildman–Crippen MR) is 89.5 cm³/mol. The molecule has 1 amide bonds. The lowest BCUT2D eigenvalue weighted by molar-refractivity contribution is -0.122. The number of carbonyl (C=O) groups is 1. The summed E-state index contributed by atoms with van der Waals surface area (Å²) in [7, 11) is 0. The number of fused-ring (bicyclic) bond motifs is 1. The molecule has 1 aliphatic carbocycles. The maximum Gasteiger partial charge on any atom is 0.231 e. The van der Waals surface area contributed by atoms with E-state index in [1.807, 2.05) is 18.2 Å². The molecule has 0 radical (unpaired) electrons. The van der Waals surface area contributed by atoms with Gasteiger partial charge >= 0.3 is 0 Å². The predicted octanol–water partition coefficient (Wildman–Crippen LogP) is 3.53. The van der Waals surface area contributed by atoms with Gasteiger partial charge < -0.3 is 14.8 Å². The Labute approximate surface area is 138 Å². The average molecular weight is 317 g/mol. The van der Waals surface area contributed by atoms with E-state index in [1.165, 1.54) is 12.8 Å². The molecule has 0 bridgehead atoms. The lowest BCUT2D eigenvalue weighted by Crippen LogP contribution is -2.46. The summed E-state index contributed by atoms with van der Waals surface area (Å²) in [4.78, 5) is 12.5. The van der Waals surface area contributed by atoms with E-state index in [0.717, 1.165) is 23.5 Å². The van der Waals surface area contributed by atoms with E-state index in [2.05, 4.69) is 26.1 Å². The van der Waals surface area contributed by atoms with Gasteiger partial charge in [0.15, 0.2) is 11.5 Å². The van der Waals surface area contributed by atoms with Crippen LogP contribution >= 0.6 is 0 Å². The highest BCUT2D eigenvalue weighted by Gasteiger charge is 2.31. The van der Waals surface area contributed by atoms with Crippen molar-refractivity contribution in [2.75, 3.05) is 6.79 Å². The van der Waals surface area contributed by atoms with Gasteiger partial charge in [-0.2, -0.15) is 0 Å². The fraction of sp³-hybridized carbons (Fsp3) is 0.632. The zero-order chi connectivity index (χ0) is 16.4. The molecule has 0 aromatic heterocycles. The molecule has 1 aliphatic heterocycles. The molecule has 3 atom stereocenters. The molecule has 1 fully saturated rings. The lowest BCUT2D eigenvalue weighted by Gasteiger charge is -2.37. The normalized spacial score (nSPS) is 26.3. The molecule has 1 aromatic rings. The smallest absolute Gasteiger partial charge is 0.231 e. The van der Waals surface area contributed by atoms with Crippen molar-refractivity contribution < 1.29 is 14.3 Å². The van der Waals surface area contributed by atoms with Gasteiger partial charge in [0.25, 0.3) is 0 Å². The highest BCUT2D eigenvalue weighted by molar-refractivity contribution is 5.79. The second-order valence-corrected chi connectivity index (χ2v) is 7.36. The van der Waals surface area contributed by atoms with Crippen molar-refractivity contribution in [3.8, 4) is 11.5 Å². The van der Waals surface area contributed by atoms with Gasteiger partial charge in [-0.25, -0.2) is 0 Å². The number of hydrogen-bond donors (Lipinski definition) is 1. The largest absolute Gasteiger partial charge is 0.454 e. The fourth-order valence-electron chi connectivity index (χ4n) is 3.86. The first-order valence-electron chi connectivity index (χ1n) is 8.71. The van der Waals surface area contributed by atoms with Gasteiger partial charge in [0, 0.05) is 6.04 Å². The Morgan fingerprint density at radius 1 is 1.26 bits per heavy atom. The zero-order valence-electron chi connectivity index (χ0n) is 14.3. The third-order valence-electron chi connectivity index (χ3n) is 5.17. The topological polar surface area (TPSA) is 47.6 Å². The van der Waals surface area contributed by atoms with Gasteiger partial charge in [0.2, 0.25) is 12.7 Å². The Kier molecular flexibility index (Phi) is 4.79. The maximum atomic E-state index is 12.5. The van der Waals surface area contributed by atoms with E-state index in [0.29, 0.717) is 30.2 Å². The van der Waals surface area contributed by atoms with E-state index in [1.54, 1.807) is 0 Å². The van der Waals surface area contributed by atoms with Crippen molar-refractivity contribution in [2.45, 2.75) is 52.5 Å². The third-order valence-corrected chi connectivity index (χ3v) is 5.17. The van der Waals surface area contributed by atoms with E-state index in [9.17, 15) is 4.79 Å². The van der Waals surface area contributed by atoms with Crippen molar-refractivity contribution in [1.29, 1.82) is 0 Å². The first kappa shape index (κ1) is 16.2. The van der Waals surface area contributed by atoms with Crippen LogP contribution in [0.15, 0.2) is 18.2 Å². The summed E-state index contributed by atoms with van der Waals surface area (Å²) in [5, 5.41) is 3.29. The summed E-state index contributed by atoms with van der Waals surface area (Å²) in [6.07, 6.45) is 3.98. The highest BCUT2D eigenvalue weighted by atomic mass is 16.7. The van der Waals surface area contributed by atoms with Crippen LogP contribution < -0.4 is 14.8 Å². The molecule has 1 aromatic carbocycles. The summed E-state index contributed by atoms with van der Waals surface area (Å²) in [5.41, 5.74) is 0.969. The summed E-state index contributed by atoms with van der Waals surface area (Å²) in [5.74, 6) is 3.50. The fourth-order valence-corrected chi connectivity index (χ4v) is 3.86. The van der Waals surface area contributed by atoms with Crippen LogP contribution in [0.4, 0.5) is 0 Å². The molecule has 1 saturated carbocycles. The molecule has 1 unspecified atom stereocenters. The van der Waals surface area contributed by atoms with Crippen molar-refractivity contribution in [3.63, 3.8) is 0 Å². The number of ether oxygens (including phenoxy) is 2. The number of amides is 1. The number of carbonyl (C=O) groups excluding carboxylic acids is 1. The van der Waals surface area contributed by atoms with Gasteiger partial charge in [-0.1, -0.05) is 33.3 Å². The quantitative estimate of drug-likeness (QED) is 0.924. The van der Waals surface area contributed by atoms with Crippen LogP contribution in [0.3, 0.4) is 0 Å². The molecule has 1 heterocycles. The second-order valence-electron chi connectivity index (χ2n) is 7.36. The molecule has 4 nitrogen and oxygen atoms in total. The first-order chi connectivity index (χ1) is 11.0. The highest BCUT2D eigenvalue weighted by Crippen LogP contribution is 2.34. The zero-order valence-corrected chi connectivity index (χ0v) is 14.3. The maximum absolute atomic E-state index is 12.5. The standard InChI is InChI=1S/C19H27NO3/c1-12(2)15-6-4-13(3)8-16(15)20-19(21)10-14-5-7-17-18(9-14)23-11-22-17/h5,7,9,12-13,15-16H,4,6,8,10-11H2,1-3H3,(H,20,21)/t13-,15?,16+/m0/s1. The summed E-state index contributed by atoms with van der Waals surface area (Å²) >= 11 is 0. The van der Waals surface area contributed by atoms with Crippen LogP contribution in [0, 0.1) is 17.8 Å². The van der Waals surface area contributed by atoms with Crippen molar-refractivity contribution in [3.05, 3.63) is 23.8 Å². The molecule has 126 valence electrons. The van der Waals surface area contributed by atoms with E-state index in [4.69, 9.17) is 9.47 Å². The van der Waals surface area contributed by atoms with Gasteiger partial charge in [-0.3, -0.25) is 4.79 Å². The minimum Gasteiger partial charge on any atom is -0.454 e.